The van der Waals surface area contributed by atoms with Crippen molar-refractivity contribution in [3.8, 4) is 5.75 Å². The molecule has 4 aromatic rings. The monoisotopic (exact) mass is 613 g/mol. The number of carbonyl (C=O) groups is 5. The van der Waals surface area contributed by atoms with E-state index in [0.717, 1.165) is 18.4 Å². The summed E-state index contributed by atoms with van der Waals surface area (Å²) >= 11 is 0. The van der Waals surface area contributed by atoms with E-state index < -0.39 is 24.3 Å². The molecule has 8 heteroatoms. The Morgan fingerprint density at radius 2 is 1.30 bits per heavy atom. The Morgan fingerprint density at radius 1 is 0.696 bits per heavy atom. The van der Waals surface area contributed by atoms with Gasteiger partial charge in [0, 0.05) is 5.56 Å². The van der Waals surface area contributed by atoms with Crippen LogP contribution >= 0.6 is 0 Å². The fourth-order valence-corrected chi connectivity index (χ4v) is 7.41. The number of nitrogens with zero attached hydrogens (tertiary/aromatic N) is 1. The van der Waals surface area contributed by atoms with E-state index in [0.29, 0.717) is 16.8 Å². The molecule has 1 heterocycles. The Hall–Kier alpha value is -5.37. The van der Waals surface area contributed by atoms with Gasteiger partial charge in [0.05, 0.1) is 28.7 Å². The van der Waals surface area contributed by atoms with Crippen LogP contribution in [0.25, 0.3) is 0 Å². The van der Waals surface area contributed by atoms with Crippen molar-refractivity contribution in [2.45, 2.75) is 25.7 Å². The molecule has 4 aromatic carbocycles. The SMILES string of the molecule is Cc1ccc(C(=O)Oc2ccc(C(=O)COC(=O)c3ccc(N4C(=O)[C@@H]5[C@H]6C[C@@H]([C@@H]5C4=O)[C@H](c4ccccc4)C6)cc3)cc2)cc1. The van der Waals surface area contributed by atoms with E-state index >= 15 is 0 Å². The molecule has 3 fully saturated rings. The molecule has 0 unspecified atom stereocenters. The summed E-state index contributed by atoms with van der Waals surface area (Å²) in [6.07, 6.45) is 1.81. The lowest BCUT2D eigenvalue weighted by Crippen LogP contribution is -2.33. The Morgan fingerprint density at radius 3 is 2.00 bits per heavy atom. The number of amides is 2. The summed E-state index contributed by atoms with van der Waals surface area (Å²) in [6.45, 7) is 1.44. The third kappa shape index (κ3) is 5.30. The van der Waals surface area contributed by atoms with Crippen LogP contribution in [0.5, 0.6) is 5.75 Å². The third-order valence-corrected chi connectivity index (χ3v) is 9.61. The first-order valence-corrected chi connectivity index (χ1v) is 15.4. The van der Waals surface area contributed by atoms with E-state index in [4.69, 9.17) is 9.47 Å². The molecular weight excluding hydrogens is 582 g/mol. The van der Waals surface area contributed by atoms with Gasteiger partial charge in [-0.2, -0.15) is 0 Å². The van der Waals surface area contributed by atoms with Crippen molar-refractivity contribution in [1.82, 2.24) is 0 Å². The largest absolute Gasteiger partial charge is 0.454 e. The number of ether oxygens (including phenoxy) is 2. The molecule has 0 spiro atoms. The Balaban J connectivity index is 0.946. The first-order chi connectivity index (χ1) is 22.3. The molecule has 3 aliphatic rings. The molecule has 0 radical (unpaired) electrons. The van der Waals surface area contributed by atoms with Crippen LogP contribution < -0.4 is 9.64 Å². The molecule has 7 rings (SSSR count). The second kappa shape index (κ2) is 11.9. The molecule has 8 nitrogen and oxygen atoms in total. The minimum absolute atomic E-state index is 0.149. The van der Waals surface area contributed by atoms with Crippen molar-refractivity contribution in [2.75, 3.05) is 11.5 Å². The van der Waals surface area contributed by atoms with Gasteiger partial charge in [-0.05, 0) is 104 Å². The van der Waals surface area contributed by atoms with Gasteiger partial charge in [0.15, 0.2) is 12.4 Å². The summed E-state index contributed by atoms with van der Waals surface area (Å²) in [5, 5.41) is 0. The third-order valence-electron chi connectivity index (χ3n) is 9.61. The molecule has 46 heavy (non-hydrogen) atoms. The van der Waals surface area contributed by atoms with Gasteiger partial charge in [-0.3, -0.25) is 19.3 Å². The van der Waals surface area contributed by atoms with E-state index in [2.05, 4.69) is 12.1 Å². The number of anilines is 1. The second-order valence-electron chi connectivity index (χ2n) is 12.3. The van der Waals surface area contributed by atoms with Crippen LogP contribution in [0.2, 0.25) is 0 Å². The second-order valence-corrected chi connectivity index (χ2v) is 12.3. The highest BCUT2D eigenvalue weighted by Gasteiger charge is 2.64. The summed E-state index contributed by atoms with van der Waals surface area (Å²) in [5.74, 6) is -1.68. The van der Waals surface area contributed by atoms with Gasteiger partial charge >= 0.3 is 11.9 Å². The average molecular weight is 614 g/mol. The number of benzene rings is 4. The lowest BCUT2D eigenvalue weighted by Gasteiger charge is -2.28. The highest BCUT2D eigenvalue weighted by molar-refractivity contribution is 6.22. The maximum absolute atomic E-state index is 13.6. The van der Waals surface area contributed by atoms with Crippen molar-refractivity contribution in [1.29, 1.82) is 0 Å². The predicted molar refractivity (Wildman–Crippen MR) is 169 cm³/mol. The number of esters is 2. The average Bonchev–Trinajstić information content (AvgIpc) is 3.75. The van der Waals surface area contributed by atoms with Gasteiger partial charge in [-0.1, -0.05) is 48.0 Å². The van der Waals surface area contributed by atoms with Gasteiger partial charge in [0.1, 0.15) is 5.75 Å². The Labute approximate surface area is 265 Å². The first kappa shape index (κ1) is 29.3. The van der Waals surface area contributed by atoms with Crippen molar-refractivity contribution >= 4 is 35.2 Å². The van der Waals surface area contributed by atoms with Crippen LogP contribution in [0.3, 0.4) is 0 Å². The van der Waals surface area contributed by atoms with Gasteiger partial charge < -0.3 is 9.47 Å². The maximum atomic E-state index is 13.6. The normalized spacial score (nSPS) is 22.9. The molecule has 0 aromatic heterocycles. The Bertz CT molecular complexity index is 1830. The van der Waals surface area contributed by atoms with Crippen LogP contribution in [0.15, 0.2) is 103 Å². The molecule has 2 saturated carbocycles. The zero-order valence-electron chi connectivity index (χ0n) is 25.1. The number of fused-ring (bicyclic) bond motifs is 5. The molecule has 2 amide bonds. The number of aryl methyl sites for hydroxylation is 1. The van der Waals surface area contributed by atoms with Crippen molar-refractivity contribution in [2.24, 2.45) is 23.7 Å². The van der Waals surface area contributed by atoms with E-state index in [-0.39, 0.29) is 52.7 Å². The van der Waals surface area contributed by atoms with Crippen LogP contribution in [0, 0.1) is 30.6 Å². The summed E-state index contributed by atoms with van der Waals surface area (Å²) < 4.78 is 10.6. The lowest BCUT2D eigenvalue weighted by molar-refractivity contribution is -0.123. The topological polar surface area (TPSA) is 107 Å². The van der Waals surface area contributed by atoms with Crippen molar-refractivity contribution < 1.29 is 33.4 Å². The number of rotatable bonds is 8. The number of hydrogen-bond acceptors (Lipinski definition) is 7. The summed E-state index contributed by atoms with van der Waals surface area (Å²) in [6, 6.07) is 29.3. The highest BCUT2D eigenvalue weighted by atomic mass is 16.5. The minimum atomic E-state index is -0.705. The van der Waals surface area contributed by atoms with Crippen molar-refractivity contribution in [3.63, 3.8) is 0 Å². The maximum Gasteiger partial charge on any atom is 0.343 e. The lowest BCUT2D eigenvalue weighted by atomic mass is 9.73. The quantitative estimate of drug-likeness (QED) is 0.101. The van der Waals surface area contributed by atoms with Gasteiger partial charge in [-0.15, -0.1) is 0 Å². The molecule has 1 saturated heterocycles. The first-order valence-electron chi connectivity index (χ1n) is 15.4. The fraction of sp³-hybridized carbons (Fsp3) is 0.237. The Kier molecular flexibility index (Phi) is 7.56. The molecule has 230 valence electrons. The van der Waals surface area contributed by atoms with Crippen LogP contribution in [0.1, 0.15) is 61.0 Å². The number of ketones is 1. The summed E-state index contributed by atoms with van der Waals surface area (Å²) in [4.78, 5) is 66.1. The standard InChI is InChI=1S/C38H31NO7/c1-22-7-9-26(10-8-22)38(44)46-29-17-13-24(14-18-29)32(40)21-45-37(43)25-11-15-28(16-12-25)39-35(41)33-27-19-30(23-5-3-2-4-6-23)31(20-27)34(33)36(39)42/h2-18,27,30-31,33-34H,19-21H2,1H3/t27-,30+,31-,33-,34+/m1/s1. The smallest absolute Gasteiger partial charge is 0.343 e. The fourth-order valence-electron chi connectivity index (χ4n) is 7.41. The minimum Gasteiger partial charge on any atom is -0.454 e. The van der Waals surface area contributed by atoms with Gasteiger partial charge in [-0.25, -0.2) is 9.59 Å². The van der Waals surface area contributed by atoms with E-state index in [9.17, 15) is 24.0 Å². The number of carbonyl (C=O) groups excluding carboxylic acids is 5. The molecule has 2 bridgehead atoms. The van der Waals surface area contributed by atoms with E-state index in [1.54, 1.807) is 24.3 Å². The summed E-state index contributed by atoms with van der Waals surface area (Å²) in [5.41, 5.74) is 3.58. The predicted octanol–water partition coefficient (Wildman–Crippen LogP) is 6.18. The zero-order valence-corrected chi connectivity index (χ0v) is 25.1. The summed E-state index contributed by atoms with van der Waals surface area (Å²) in [7, 11) is 0. The van der Waals surface area contributed by atoms with E-state index in [1.165, 1.54) is 46.9 Å². The molecule has 1 aliphatic heterocycles. The van der Waals surface area contributed by atoms with Gasteiger partial charge in [0.2, 0.25) is 11.8 Å². The van der Waals surface area contributed by atoms with Crippen LogP contribution in [-0.2, 0) is 14.3 Å². The van der Waals surface area contributed by atoms with Gasteiger partial charge in [0.25, 0.3) is 0 Å². The molecular formula is C38H31NO7. The molecule has 5 atom stereocenters. The zero-order chi connectivity index (χ0) is 31.9. The number of imide groups is 1. The highest BCUT2D eigenvalue weighted by Crippen LogP contribution is 2.61. The molecule has 2 aliphatic carbocycles. The van der Waals surface area contributed by atoms with E-state index in [1.807, 2.05) is 37.3 Å². The van der Waals surface area contributed by atoms with Crippen LogP contribution in [-0.4, -0.2) is 36.1 Å². The van der Waals surface area contributed by atoms with Crippen LogP contribution in [0.4, 0.5) is 5.69 Å². The number of Topliss-reactive ketones (excluding diaryl/α,β-unsaturated/α-hetero) is 1. The van der Waals surface area contributed by atoms with Crippen molar-refractivity contribution in [3.05, 3.63) is 131 Å². The molecule has 0 N–H and O–H groups in total. The number of hydrogen-bond donors (Lipinski definition) is 0.